The van der Waals surface area contributed by atoms with E-state index in [1.165, 1.54) is 0 Å². The van der Waals surface area contributed by atoms with E-state index in [2.05, 4.69) is 5.48 Å². The maximum atomic E-state index is 12.3. The summed E-state index contributed by atoms with van der Waals surface area (Å²) in [4.78, 5) is 18.1. The first kappa shape index (κ1) is 11.4. The minimum absolute atomic E-state index is 0.136. The van der Waals surface area contributed by atoms with E-state index in [4.69, 9.17) is 9.57 Å². The van der Waals surface area contributed by atoms with Crippen LogP contribution in [0.1, 0.15) is 12.0 Å². The summed E-state index contributed by atoms with van der Waals surface area (Å²) in [7, 11) is 0.0996. The summed E-state index contributed by atoms with van der Waals surface area (Å²) in [6.45, 7) is 0.419. The number of rotatable bonds is 1. The second-order valence-electron chi connectivity index (χ2n) is 3.96. The van der Waals surface area contributed by atoms with Gasteiger partial charge in [0, 0.05) is 18.5 Å². The number of benzene rings is 1. The molecule has 0 spiro atoms. The topological polar surface area (TPSA) is 64.6 Å². The molecule has 2 aliphatic heterocycles. The first-order valence-electron chi connectivity index (χ1n) is 5.49. The molecule has 0 aromatic heterocycles. The molecule has 0 saturated heterocycles. The molecule has 18 heavy (non-hydrogen) atoms. The largest absolute Gasteiger partial charge is 0.497 e. The van der Waals surface area contributed by atoms with Crippen molar-refractivity contribution in [3.05, 3.63) is 28.7 Å². The molecule has 1 aromatic carbocycles. The number of nitrogens with one attached hydrogen (secondary N) is 1. The number of Topliss-reactive ketones (excluding diaryl/α,β-unsaturated/α-hetero) is 1. The number of hydrogen-bond donors (Lipinski definition) is 1. The average molecular weight is 265 g/mol. The highest BCUT2D eigenvalue weighted by molar-refractivity contribution is 7.90. The van der Waals surface area contributed by atoms with Gasteiger partial charge in [0.2, 0.25) is 0 Å². The molecule has 3 rings (SSSR count). The molecule has 1 unspecified atom stereocenters. The molecule has 0 amide bonds. The van der Waals surface area contributed by atoms with Gasteiger partial charge < -0.3 is 9.57 Å². The molecule has 0 fully saturated rings. The third-order valence-corrected chi connectivity index (χ3v) is 4.44. The van der Waals surface area contributed by atoms with Crippen LogP contribution in [0.2, 0.25) is 0 Å². The monoisotopic (exact) mass is 265 g/mol. The minimum Gasteiger partial charge on any atom is -0.497 e. The van der Waals surface area contributed by atoms with E-state index in [1.807, 2.05) is 0 Å². The zero-order valence-corrected chi connectivity index (χ0v) is 10.5. The van der Waals surface area contributed by atoms with Crippen LogP contribution in [0.3, 0.4) is 0 Å². The summed E-state index contributed by atoms with van der Waals surface area (Å²) in [6, 6.07) is 5.16. The molecule has 1 N–H and O–H groups in total. The fraction of sp³-hybridized carbons (Fsp3) is 0.250. The minimum atomic E-state index is -1.46. The number of methoxy groups -OCH3 is 1. The van der Waals surface area contributed by atoms with Gasteiger partial charge in [-0.2, -0.15) is 5.48 Å². The highest BCUT2D eigenvalue weighted by Crippen LogP contribution is 2.40. The second-order valence-corrected chi connectivity index (χ2v) is 5.34. The number of hydroxylamine groups is 1. The highest BCUT2D eigenvalue weighted by atomic mass is 32.2. The van der Waals surface area contributed by atoms with Gasteiger partial charge in [0.1, 0.15) is 10.7 Å². The number of allylic oxidation sites excluding steroid dienone is 1. The third-order valence-electron chi connectivity index (χ3n) is 2.90. The molecule has 6 heteroatoms. The van der Waals surface area contributed by atoms with Crippen LogP contribution in [0.5, 0.6) is 5.75 Å². The number of carbonyl (C=O) groups is 1. The van der Waals surface area contributed by atoms with Gasteiger partial charge in [-0.1, -0.05) is 0 Å². The zero-order chi connectivity index (χ0) is 12.7. The van der Waals surface area contributed by atoms with Crippen molar-refractivity contribution in [3.8, 4) is 5.75 Å². The molecule has 0 bridgehead atoms. The van der Waals surface area contributed by atoms with Gasteiger partial charge in [0.05, 0.1) is 22.8 Å². The molecular weight excluding hydrogens is 254 g/mol. The Morgan fingerprint density at radius 3 is 3.06 bits per heavy atom. The van der Waals surface area contributed by atoms with E-state index in [9.17, 15) is 9.00 Å². The molecule has 2 heterocycles. The van der Waals surface area contributed by atoms with E-state index in [1.54, 1.807) is 25.3 Å². The molecule has 0 aliphatic carbocycles. The lowest BCUT2D eigenvalue weighted by molar-refractivity contribution is -0.114. The summed E-state index contributed by atoms with van der Waals surface area (Å²) < 4.78 is 17.4. The van der Waals surface area contributed by atoms with Gasteiger partial charge in [0.15, 0.2) is 11.5 Å². The standard InChI is InChI=1S/C12H11NO4S/c1-16-7-2-3-10-8(6-7)11-12(18(10)15)9(14)4-5-13-17-11/h2-3,6,13H,4-5H2,1H3. The van der Waals surface area contributed by atoms with Crippen molar-refractivity contribution in [1.29, 1.82) is 0 Å². The second kappa shape index (κ2) is 4.22. The highest BCUT2D eigenvalue weighted by Gasteiger charge is 2.36. The van der Waals surface area contributed by atoms with Crippen LogP contribution >= 0.6 is 0 Å². The lowest BCUT2D eigenvalue weighted by Crippen LogP contribution is -2.14. The van der Waals surface area contributed by atoms with Crippen molar-refractivity contribution < 1.29 is 18.6 Å². The van der Waals surface area contributed by atoms with E-state index < -0.39 is 10.8 Å². The van der Waals surface area contributed by atoms with Crippen LogP contribution < -0.4 is 10.2 Å². The van der Waals surface area contributed by atoms with Gasteiger partial charge in [-0.3, -0.25) is 4.79 Å². The maximum absolute atomic E-state index is 12.3. The quantitative estimate of drug-likeness (QED) is 0.820. The number of carbonyl (C=O) groups excluding carboxylic acids is 1. The summed E-state index contributed by atoms with van der Waals surface area (Å²) in [5.74, 6) is 0.869. The molecule has 94 valence electrons. The van der Waals surface area contributed by atoms with Crippen LogP contribution in [0, 0.1) is 0 Å². The van der Waals surface area contributed by atoms with E-state index in [0.29, 0.717) is 28.5 Å². The average Bonchev–Trinajstić information content (AvgIpc) is 2.54. The summed E-state index contributed by atoms with van der Waals surface area (Å²) in [5, 5.41) is 0. The number of hydrogen-bond acceptors (Lipinski definition) is 5. The maximum Gasteiger partial charge on any atom is 0.177 e. The predicted octanol–water partition coefficient (Wildman–Crippen LogP) is 0.979. The Morgan fingerprint density at radius 1 is 1.44 bits per heavy atom. The van der Waals surface area contributed by atoms with Crippen molar-refractivity contribution in [2.45, 2.75) is 11.3 Å². The normalized spacial score (nSPS) is 22.1. The first-order chi connectivity index (χ1) is 8.72. The van der Waals surface area contributed by atoms with Gasteiger partial charge in [-0.05, 0) is 18.2 Å². The van der Waals surface area contributed by atoms with Gasteiger partial charge >= 0.3 is 0 Å². The van der Waals surface area contributed by atoms with Crippen molar-refractivity contribution in [2.75, 3.05) is 13.7 Å². The number of ether oxygens (including phenoxy) is 1. The zero-order valence-electron chi connectivity index (χ0n) is 9.69. The van der Waals surface area contributed by atoms with E-state index in [-0.39, 0.29) is 17.1 Å². The Bertz CT molecular complexity index is 594. The molecule has 5 nitrogen and oxygen atoms in total. The fourth-order valence-electron chi connectivity index (χ4n) is 2.02. The Hall–Kier alpha value is -1.66. The lowest BCUT2D eigenvalue weighted by Gasteiger charge is -2.07. The summed E-state index contributed by atoms with van der Waals surface area (Å²) in [6.07, 6.45) is 0.287. The van der Waals surface area contributed by atoms with Gasteiger partial charge in [0.25, 0.3) is 0 Å². The Labute approximate surface area is 106 Å². The smallest absolute Gasteiger partial charge is 0.177 e. The number of fused-ring (bicyclic) bond motifs is 2. The molecule has 2 aliphatic rings. The fourth-order valence-corrected chi connectivity index (χ4v) is 3.42. The van der Waals surface area contributed by atoms with Crippen molar-refractivity contribution in [1.82, 2.24) is 5.48 Å². The third kappa shape index (κ3) is 1.57. The molecule has 0 radical (unpaired) electrons. The van der Waals surface area contributed by atoms with Crippen LogP contribution in [0.25, 0.3) is 5.76 Å². The Morgan fingerprint density at radius 2 is 2.28 bits per heavy atom. The van der Waals surface area contributed by atoms with Crippen LogP contribution in [0.4, 0.5) is 0 Å². The summed E-state index contributed by atoms with van der Waals surface area (Å²) in [5.41, 5.74) is 3.35. The Balaban J connectivity index is 2.19. The SMILES string of the molecule is COc1ccc2c(c1)C1=C(C(=O)CCNO1)S2=O. The van der Waals surface area contributed by atoms with Gasteiger partial charge in [-0.15, -0.1) is 0 Å². The van der Waals surface area contributed by atoms with Crippen molar-refractivity contribution in [3.63, 3.8) is 0 Å². The molecule has 1 aromatic rings. The van der Waals surface area contributed by atoms with E-state index in [0.717, 1.165) is 0 Å². The molecule has 1 atom stereocenters. The lowest BCUT2D eigenvalue weighted by atomic mass is 10.1. The summed E-state index contributed by atoms with van der Waals surface area (Å²) >= 11 is 0. The van der Waals surface area contributed by atoms with Crippen molar-refractivity contribution in [2.24, 2.45) is 0 Å². The Kier molecular flexibility index (Phi) is 2.68. The van der Waals surface area contributed by atoms with Crippen molar-refractivity contribution >= 4 is 22.3 Å². The molecular formula is C12H11NO4S. The van der Waals surface area contributed by atoms with Gasteiger partial charge in [-0.25, -0.2) is 4.21 Å². The van der Waals surface area contributed by atoms with Crippen LogP contribution in [0.15, 0.2) is 28.0 Å². The van der Waals surface area contributed by atoms with Crippen LogP contribution in [-0.2, 0) is 20.4 Å². The van der Waals surface area contributed by atoms with E-state index >= 15 is 0 Å². The van der Waals surface area contributed by atoms with Crippen LogP contribution in [-0.4, -0.2) is 23.6 Å². The number of ketones is 1. The first-order valence-corrected chi connectivity index (χ1v) is 6.64. The molecule has 0 saturated carbocycles. The predicted molar refractivity (Wildman–Crippen MR) is 65.0 cm³/mol.